The number of fused-ring (bicyclic) bond motifs is 1. The summed E-state index contributed by atoms with van der Waals surface area (Å²) in [5.74, 6) is 2.45. The lowest BCUT2D eigenvalue weighted by Crippen LogP contribution is -2.16. The van der Waals surface area contributed by atoms with Crippen LogP contribution in [0.25, 0.3) is 0 Å². The van der Waals surface area contributed by atoms with Crippen LogP contribution in [0.5, 0.6) is 0 Å². The topological polar surface area (TPSA) is 29.5 Å². The van der Waals surface area contributed by atoms with E-state index in [0.29, 0.717) is 12.0 Å². The Morgan fingerprint density at radius 1 is 1.13 bits per heavy atom. The molecule has 0 aromatic rings. The zero-order valence-corrected chi connectivity index (χ0v) is 9.40. The highest BCUT2D eigenvalue weighted by Crippen LogP contribution is 2.59. The van der Waals surface area contributed by atoms with Crippen molar-refractivity contribution in [3.63, 3.8) is 0 Å². The summed E-state index contributed by atoms with van der Waals surface area (Å²) in [6.07, 6.45) is 9.09. The molecule has 3 rings (SSSR count). The Morgan fingerprint density at radius 2 is 1.93 bits per heavy atom. The average Bonchev–Trinajstić information content (AvgIpc) is 2.72. The smallest absolute Gasteiger partial charge is 0.0577 e. The first-order valence-corrected chi connectivity index (χ1v) is 6.66. The molecule has 0 amide bonds. The number of ether oxygens (including phenoxy) is 1. The predicted octanol–water partition coefficient (Wildman–Crippen LogP) is 2.35. The first kappa shape index (κ1) is 10.1. The van der Waals surface area contributed by atoms with Crippen LogP contribution in [0.1, 0.15) is 44.9 Å². The molecule has 0 radical (unpaired) electrons. The van der Waals surface area contributed by atoms with Crippen molar-refractivity contribution in [2.75, 3.05) is 6.61 Å². The molecule has 1 N–H and O–H groups in total. The van der Waals surface area contributed by atoms with Crippen LogP contribution >= 0.6 is 0 Å². The molecular weight excluding hydrogens is 188 g/mol. The maximum atomic E-state index is 10.1. The van der Waals surface area contributed by atoms with Crippen molar-refractivity contribution in [3.8, 4) is 0 Å². The number of hydrogen-bond acceptors (Lipinski definition) is 2. The maximum absolute atomic E-state index is 10.1. The number of aliphatic hydroxyl groups excluding tert-OH is 1. The highest BCUT2D eigenvalue weighted by atomic mass is 16.5. The summed E-state index contributed by atoms with van der Waals surface area (Å²) in [6, 6.07) is 0. The van der Waals surface area contributed by atoms with E-state index in [1.807, 2.05) is 0 Å². The lowest BCUT2D eigenvalue weighted by Gasteiger charge is -2.15. The van der Waals surface area contributed by atoms with E-state index in [4.69, 9.17) is 4.74 Å². The molecule has 2 heteroatoms. The predicted molar refractivity (Wildman–Crippen MR) is 58.5 cm³/mol. The molecule has 15 heavy (non-hydrogen) atoms. The number of hydrogen-bond donors (Lipinski definition) is 1. The molecule has 2 nitrogen and oxygen atoms in total. The molecule has 4 atom stereocenters. The van der Waals surface area contributed by atoms with Crippen LogP contribution in [0, 0.1) is 17.8 Å². The summed E-state index contributed by atoms with van der Waals surface area (Å²) >= 11 is 0. The summed E-state index contributed by atoms with van der Waals surface area (Å²) in [5.41, 5.74) is 0. The fourth-order valence-corrected chi connectivity index (χ4v) is 3.87. The minimum absolute atomic E-state index is 0.0236. The average molecular weight is 210 g/mol. The lowest BCUT2D eigenvalue weighted by molar-refractivity contribution is 0.0703. The van der Waals surface area contributed by atoms with Crippen LogP contribution in [0.2, 0.25) is 0 Å². The van der Waals surface area contributed by atoms with Crippen LogP contribution in [-0.2, 0) is 4.74 Å². The summed E-state index contributed by atoms with van der Waals surface area (Å²) in [4.78, 5) is 0. The molecule has 0 spiro atoms. The monoisotopic (exact) mass is 210 g/mol. The Labute approximate surface area is 92.0 Å². The fraction of sp³-hybridized carbons (Fsp3) is 1.00. The van der Waals surface area contributed by atoms with Crippen molar-refractivity contribution in [1.29, 1.82) is 0 Å². The van der Waals surface area contributed by atoms with Crippen LogP contribution in [0.4, 0.5) is 0 Å². The van der Waals surface area contributed by atoms with Crippen molar-refractivity contribution in [1.82, 2.24) is 0 Å². The van der Waals surface area contributed by atoms with Gasteiger partial charge in [-0.2, -0.15) is 0 Å². The molecular formula is C13H22O2. The molecule has 2 saturated carbocycles. The van der Waals surface area contributed by atoms with Gasteiger partial charge >= 0.3 is 0 Å². The number of rotatable bonds is 4. The van der Waals surface area contributed by atoms with Crippen molar-refractivity contribution in [2.45, 2.75) is 57.2 Å². The van der Waals surface area contributed by atoms with Gasteiger partial charge in [-0.25, -0.2) is 0 Å². The fourth-order valence-electron chi connectivity index (χ4n) is 3.87. The highest BCUT2D eigenvalue weighted by molar-refractivity contribution is 5.04. The van der Waals surface area contributed by atoms with E-state index in [2.05, 4.69) is 0 Å². The maximum Gasteiger partial charge on any atom is 0.0577 e. The lowest BCUT2D eigenvalue weighted by atomic mass is 10.00. The van der Waals surface area contributed by atoms with Crippen LogP contribution in [0.3, 0.4) is 0 Å². The second kappa shape index (κ2) is 4.06. The van der Waals surface area contributed by atoms with Crippen molar-refractivity contribution in [3.05, 3.63) is 0 Å². The van der Waals surface area contributed by atoms with Crippen molar-refractivity contribution < 1.29 is 9.84 Å². The van der Waals surface area contributed by atoms with Crippen molar-refractivity contribution in [2.24, 2.45) is 17.8 Å². The molecule has 1 aliphatic heterocycles. The van der Waals surface area contributed by atoms with Crippen LogP contribution in [0.15, 0.2) is 0 Å². The van der Waals surface area contributed by atoms with Gasteiger partial charge in [-0.15, -0.1) is 0 Å². The van der Waals surface area contributed by atoms with E-state index in [0.717, 1.165) is 31.3 Å². The first-order chi connectivity index (χ1) is 7.36. The molecule has 3 aliphatic rings. The van der Waals surface area contributed by atoms with Gasteiger partial charge in [0, 0.05) is 6.61 Å². The van der Waals surface area contributed by atoms with E-state index >= 15 is 0 Å². The third-order valence-corrected chi connectivity index (χ3v) is 4.73. The molecule has 0 aromatic carbocycles. The largest absolute Gasteiger partial charge is 0.393 e. The van der Waals surface area contributed by atoms with E-state index in [-0.39, 0.29) is 6.10 Å². The summed E-state index contributed by atoms with van der Waals surface area (Å²) in [7, 11) is 0. The molecule has 0 bridgehead atoms. The van der Waals surface area contributed by atoms with Gasteiger partial charge in [-0.3, -0.25) is 0 Å². The third kappa shape index (κ3) is 1.94. The van der Waals surface area contributed by atoms with Gasteiger partial charge in [0.2, 0.25) is 0 Å². The van der Waals surface area contributed by atoms with Gasteiger partial charge < -0.3 is 9.84 Å². The zero-order valence-electron chi connectivity index (χ0n) is 9.40. The molecule has 1 saturated heterocycles. The molecule has 2 aliphatic carbocycles. The van der Waals surface area contributed by atoms with E-state index in [9.17, 15) is 5.11 Å². The molecule has 0 aromatic heterocycles. The Kier molecular flexibility index (Phi) is 2.73. The van der Waals surface area contributed by atoms with Crippen LogP contribution < -0.4 is 0 Å². The summed E-state index contributed by atoms with van der Waals surface area (Å²) in [6.45, 7) is 0.940. The molecule has 4 unspecified atom stereocenters. The Morgan fingerprint density at radius 3 is 2.60 bits per heavy atom. The molecule has 86 valence electrons. The zero-order chi connectivity index (χ0) is 10.3. The SMILES string of the molecule is OC(CCC1CCCO1)C1C2CCCC21. The normalized spacial score (nSPS) is 45.4. The second-order valence-corrected chi connectivity index (χ2v) is 5.62. The van der Waals surface area contributed by atoms with E-state index in [1.54, 1.807) is 0 Å². The van der Waals surface area contributed by atoms with Gasteiger partial charge in [0.1, 0.15) is 0 Å². The van der Waals surface area contributed by atoms with Gasteiger partial charge in [0.05, 0.1) is 12.2 Å². The minimum Gasteiger partial charge on any atom is -0.393 e. The summed E-state index contributed by atoms with van der Waals surface area (Å²) < 4.78 is 5.59. The van der Waals surface area contributed by atoms with Crippen molar-refractivity contribution >= 4 is 0 Å². The quantitative estimate of drug-likeness (QED) is 0.772. The number of aliphatic hydroxyl groups is 1. The standard InChI is InChI=1S/C13H22O2/c14-12(7-6-9-3-2-8-15-9)13-10-4-1-5-11(10)13/h9-14H,1-8H2. The van der Waals surface area contributed by atoms with E-state index in [1.165, 1.54) is 32.1 Å². The Bertz CT molecular complexity index is 213. The summed E-state index contributed by atoms with van der Waals surface area (Å²) in [5, 5.41) is 10.1. The van der Waals surface area contributed by atoms with Gasteiger partial charge in [-0.05, 0) is 56.3 Å². The van der Waals surface area contributed by atoms with E-state index < -0.39 is 0 Å². The Hall–Kier alpha value is -0.0800. The Balaban J connectivity index is 1.40. The van der Waals surface area contributed by atoms with Gasteiger partial charge in [-0.1, -0.05) is 6.42 Å². The highest BCUT2D eigenvalue weighted by Gasteiger charge is 2.55. The van der Waals surface area contributed by atoms with Gasteiger partial charge in [0.25, 0.3) is 0 Å². The first-order valence-electron chi connectivity index (χ1n) is 6.66. The second-order valence-electron chi connectivity index (χ2n) is 5.62. The third-order valence-electron chi connectivity index (χ3n) is 4.73. The molecule has 3 fully saturated rings. The van der Waals surface area contributed by atoms with Crippen LogP contribution in [-0.4, -0.2) is 23.9 Å². The minimum atomic E-state index is -0.0236. The molecule has 1 heterocycles. The van der Waals surface area contributed by atoms with Gasteiger partial charge in [0.15, 0.2) is 0 Å².